The maximum atomic E-state index is 12.8. The highest BCUT2D eigenvalue weighted by molar-refractivity contribution is 7.15. The van der Waals surface area contributed by atoms with Crippen molar-refractivity contribution in [3.63, 3.8) is 0 Å². The molecule has 0 radical (unpaired) electrons. The fourth-order valence-corrected chi connectivity index (χ4v) is 5.47. The van der Waals surface area contributed by atoms with Crippen LogP contribution in [-0.4, -0.2) is 64.4 Å². The summed E-state index contributed by atoms with van der Waals surface area (Å²) >= 11 is 7.95. The van der Waals surface area contributed by atoms with Gasteiger partial charge >= 0.3 is 0 Å². The Kier molecular flexibility index (Phi) is 9.09. The van der Waals surface area contributed by atoms with E-state index in [9.17, 15) is 9.59 Å². The normalized spacial score (nSPS) is 17.2. The predicted octanol–water partition coefficient (Wildman–Crippen LogP) is 4.69. The van der Waals surface area contributed by atoms with Crippen molar-refractivity contribution in [2.45, 2.75) is 45.2 Å². The number of carbonyl (C=O) groups is 2. The first-order valence-electron chi connectivity index (χ1n) is 12.4. The predicted molar refractivity (Wildman–Crippen MR) is 153 cm³/mol. The van der Waals surface area contributed by atoms with E-state index >= 15 is 0 Å². The van der Waals surface area contributed by atoms with E-state index in [0.29, 0.717) is 34.5 Å². The van der Waals surface area contributed by atoms with Crippen molar-refractivity contribution in [2.75, 3.05) is 31.3 Å². The number of hydrogen-bond donors (Lipinski definition) is 3. The molecular formula is C27H32ClN7O2S. The quantitative estimate of drug-likeness (QED) is 0.329. The summed E-state index contributed by atoms with van der Waals surface area (Å²) in [6, 6.07) is 7.06. The Labute approximate surface area is 231 Å². The molecule has 2 amide bonds. The second-order valence-electron chi connectivity index (χ2n) is 9.59. The molecule has 200 valence electrons. The third kappa shape index (κ3) is 7.37. The molecule has 2 atom stereocenters. The van der Waals surface area contributed by atoms with Gasteiger partial charge in [-0.2, -0.15) is 0 Å². The zero-order chi connectivity index (χ0) is 27.2. The van der Waals surface area contributed by atoms with Crippen molar-refractivity contribution in [3.8, 4) is 10.6 Å². The molecule has 0 saturated heterocycles. The second kappa shape index (κ2) is 12.5. The third-order valence-corrected chi connectivity index (χ3v) is 7.47. The van der Waals surface area contributed by atoms with Crippen LogP contribution >= 0.6 is 22.9 Å². The van der Waals surface area contributed by atoms with Crippen molar-refractivity contribution in [1.82, 2.24) is 25.2 Å². The van der Waals surface area contributed by atoms with Crippen molar-refractivity contribution < 1.29 is 9.59 Å². The highest BCUT2D eigenvalue weighted by Gasteiger charge is 2.27. The lowest BCUT2D eigenvalue weighted by molar-refractivity contribution is -0.111. The van der Waals surface area contributed by atoms with Gasteiger partial charge in [0.25, 0.3) is 5.91 Å². The molecular weight excluding hydrogens is 522 g/mol. The first kappa shape index (κ1) is 27.7. The van der Waals surface area contributed by atoms with Crippen LogP contribution in [0.25, 0.3) is 10.6 Å². The number of thiazole rings is 1. The van der Waals surface area contributed by atoms with Crippen LogP contribution in [0.3, 0.4) is 0 Å². The molecule has 3 N–H and O–H groups in total. The van der Waals surface area contributed by atoms with E-state index in [1.807, 2.05) is 32.8 Å². The molecule has 1 aliphatic rings. The summed E-state index contributed by atoms with van der Waals surface area (Å²) in [6.45, 7) is 4.59. The summed E-state index contributed by atoms with van der Waals surface area (Å²) in [7, 11) is 3.87. The van der Waals surface area contributed by atoms with E-state index < -0.39 is 0 Å². The van der Waals surface area contributed by atoms with Gasteiger partial charge in [-0.15, -0.1) is 11.3 Å². The van der Waals surface area contributed by atoms with E-state index in [1.54, 1.807) is 47.9 Å². The monoisotopic (exact) mass is 553 g/mol. The zero-order valence-electron chi connectivity index (χ0n) is 21.9. The van der Waals surface area contributed by atoms with Crippen molar-refractivity contribution in [1.29, 1.82) is 0 Å². The van der Waals surface area contributed by atoms with E-state index in [-0.39, 0.29) is 23.9 Å². The lowest BCUT2D eigenvalue weighted by atomic mass is 10.1. The maximum absolute atomic E-state index is 12.8. The van der Waals surface area contributed by atoms with E-state index in [1.165, 1.54) is 6.08 Å². The summed E-state index contributed by atoms with van der Waals surface area (Å²) in [5.74, 6) is 0.171. The lowest BCUT2D eigenvalue weighted by Crippen LogP contribution is -2.34. The number of nitrogens with zero attached hydrogens (tertiary/aromatic N) is 4. The van der Waals surface area contributed by atoms with Gasteiger partial charge in [-0.25, -0.2) is 15.0 Å². The fourth-order valence-electron chi connectivity index (χ4n) is 4.30. The first-order chi connectivity index (χ1) is 18.2. The highest BCUT2D eigenvalue weighted by Crippen LogP contribution is 2.34. The van der Waals surface area contributed by atoms with Crippen molar-refractivity contribution in [3.05, 3.63) is 63.9 Å². The number of halogens is 1. The van der Waals surface area contributed by atoms with Crippen LogP contribution in [0.1, 0.15) is 40.3 Å². The molecule has 1 aromatic carbocycles. The number of amides is 2. The van der Waals surface area contributed by atoms with Crippen LogP contribution in [0.4, 0.5) is 11.6 Å². The second-order valence-corrected chi connectivity index (χ2v) is 11.2. The van der Waals surface area contributed by atoms with E-state index in [4.69, 9.17) is 11.6 Å². The Morgan fingerprint density at radius 3 is 2.55 bits per heavy atom. The molecule has 9 nitrogen and oxygen atoms in total. The van der Waals surface area contributed by atoms with Gasteiger partial charge in [0.1, 0.15) is 5.69 Å². The lowest BCUT2D eigenvalue weighted by Gasteiger charge is -2.15. The average Bonchev–Trinajstić information content (AvgIpc) is 3.45. The Balaban J connectivity index is 1.29. The van der Waals surface area contributed by atoms with Crippen LogP contribution in [0.5, 0.6) is 0 Å². The largest absolute Gasteiger partial charge is 0.351 e. The minimum Gasteiger partial charge on any atom is -0.351 e. The van der Waals surface area contributed by atoms with Crippen LogP contribution in [0.15, 0.2) is 42.6 Å². The van der Waals surface area contributed by atoms with Gasteiger partial charge in [-0.1, -0.05) is 17.7 Å². The third-order valence-electron chi connectivity index (χ3n) is 6.12. The summed E-state index contributed by atoms with van der Waals surface area (Å²) in [4.78, 5) is 41.2. The smallest absolute Gasteiger partial charge is 0.251 e. The molecule has 1 aliphatic carbocycles. The summed E-state index contributed by atoms with van der Waals surface area (Å²) in [5.41, 5.74) is 2.76. The number of carbonyl (C=O) groups excluding carboxylic acids is 2. The molecule has 0 spiro atoms. The maximum Gasteiger partial charge on any atom is 0.251 e. The molecule has 4 rings (SSSR count). The Morgan fingerprint density at radius 2 is 1.87 bits per heavy atom. The Hall–Kier alpha value is -3.34. The molecule has 0 unspecified atom stereocenters. The number of nitrogens with one attached hydrogen (secondary N) is 3. The van der Waals surface area contributed by atoms with Crippen LogP contribution in [0.2, 0.25) is 5.02 Å². The van der Waals surface area contributed by atoms with Gasteiger partial charge in [0.2, 0.25) is 11.9 Å². The molecule has 3 aromatic rings. The molecule has 11 heteroatoms. The van der Waals surface area contributed by atoms with Crippen LogP contribution in [-0.2, 0) is 4.79 Å². The number of anilines is 2. The highest BCUT2D eigenvalue weighted by atomic mass is 35.5. The van der Waals surface area contributed by atoms with E-state index in [0.717, 1.165) is 34.8 Å². The number of aryl methyl sites for hydroxylation is 2. The molecule has 1 saturated carbocycles. The number of benzene rings is 1. The SMILES string of the molecule is Cc1nc(C)c(-c2nc(N[C@@H]3CC[C@H](NC(=O)c4ccc(NC(=O)/C=C/CN(C)C)cc4)C3)ncc2Cl)s1. The van der Waals surface area contributed by atoms with Gasteiger partial charge in [-0.3, -0.25) is 9.59 Å². The minimum absolute atomic E-state index is 0.0411. The van der Waals surface area contributed by atoms with Gasteiger partial charge in [-0.05, 0) is 71.5 Å². The number of rotatable bonds is 9. The average molecular weight is 554 g/mol. The standard InChI is InChI=1S/C27H32ClN7O2S/c1-16-25(38-17(2)30-16)24-22(28)15-29-27(34-24)33-21-12-11-20(14-21)32-26(37)18-7-9-19(10-8-18)31-23(36)6-5-13-35(3)4/h5-10,15,20-21H,11-14H2,1-4H3,(H,31,36)(H,32,37)(H,29,33,34)/b6-5+/t20-,21+/m0/s1. The number of hydrogen-bond acceptors (Lipinski definition) is 8. The molecule has 0 aliphatic heterocycles. The van der Waals surface area contributed by atoms with Gasteiger partial charge in [0.05, 0.1) is 26.8 Å². The van der Waals surface area contributed by atoms with E-state index in [2.05, 4.69) is 30.9 Å². The summed E-state index contributed by atoms with van der Waals surface area (Å²) in [6.07, 6.45) is 7.41. The van der Waals surface area contributed by atoms with Crippen LogP contribution in [0, 0.1) is 13.8 Å². The zero-order valence-corrected chi connectivity index (χ0v) is 23.5. The van der Waals surface area contributed by atoms with Gasteiger partial charge in [0, 0.05) is 36.0 Å². The molecule has 1 fully saturated rings. The summed E-state index contributed by atoms with van der Waals surface area (Å²) < 4.78 is 0. The summed E-state index contributed by atoms with van der Waals surface area (Å²) in [5, 5.41) is 10.8. The molecule has 0 bridgehead atoms. The number of aromatic nitrogens is 3. The molecule has 38 heavy (non-hydrogen) atoms. The first-order valence-corrected chi connectivity index (χ1v) is 13.6. The van der Waals surface area contributed by atoms with Crippen LogP contribution < -0.4 is 16.0 Å². The topological polar surface area (TPSA) is 112 Å². The van der Waals surface area contributed by atoms with Gasteiger partial charge in [0.15, 0.2) is 0 Å². The Morgan fingerprint density at radius 1 is 1.13 bits per heavy atom. The minimum atomic E-state index is -0.206. The molecule has 2 aromatic heterocycles. The molecule has 2 heterocycles. The Bertz CT molecular complexity index is 1320. The number of likely N-dealkylation sites (N-methyl/N-ethyl adjacent to an activating group) is 1. The van der Waals surface area contributed by atoms with Gasteiger partial charge < -0.3 is 20.9 Å². The van der Waals surface area contributed by atoms with Crippen molar-refractivity contribution in [2.24, 2.45) is 0 Å². The fraction of sp³-hybridized carbons (Fsp3) is 0.370. The van der Waals surface area contributed by atoms with Crippen molar-refractivity contribution >= 4 is 46.4 Å².